The Hall–Kier alpha value is -0.0400. The first-order chi connectivity index (χ1) is 5.36. The summed E-state index contributed by atoms with van der Waals surface area (Å²) in [5.41, 5.74) is 0. The van der Waals surface area contributed by atoms with Gasteiger partial charge in [0.2, 0.25) is 0 Å². The molecule has 0 radical (unpaired) electrons. The Bertz CT molecular complexity index is 99.0. The highest BCUT2D eigenvalue weighted by molar-refractivity contribution is 4.78. The van der Waals surface area contributed by atoms with Crippen LogP contribution in [-0.2, 0) is 0 Å². The lowest BCUT2D eigenvalue weighted by Gasteiger charge is -2.30. The van der Waals surface area contributed by atoms with Crippen molar-refractivity contribution < 1.29 is 0 Å². The van der Waals surface area contributed by atoms with Crippen molar-refractivity contribution in [2.24, 2.45) is 0 Å². The molecule has 11 heavy (non-hydrogen) atoms. The molecule has 66 valence electrons. The molecule has 0 aliphatic carbocycles. The van der Waals surface area contributed by atoms with Gasteiger partial charge in [0.25, 0.3) is 0 Å². The van der Waals surface area contributed by atoms with Gasteiger partial charge < -0.3 is 5.32 Å². The van der Waals surface area contributed by atoms with Crippen LogP contribution < -0.4 is 5.32 Å². The van der Waals surface area contributed by atoms with Gasteiger partial charge in [0.05, 0.1) is 0 Å². The van der Waals surface area contributed by atoms with Crippen LogP contribution >= 0.6 is 0 Å². The molecule has 2 atom stereocenters. The molecule has 1 saturated heterocycles. The van der Waals surface area contributed by atoms with Crippen molar-refractivity contribution in [1.29, 1.82) is 0 Å². The molecular formula is C10H21N. The number of hydrogen-bond acceptors (Lipinski definition) is 1. The van der Waals surface area contributed by atoms with Crippen LogP contribution in [0.1, 0.15) is 52.4 Å². The van der Waals surface area contributed by atoms with E-state index in [1.165, 1.54) is 38.5 Å². The summed E-state index contributed by atoms with van der Waals surface area (Å²) in [6.07, 6.45) is 8.25. The number of rotatable bonds is 3. The van der Waals surface area contributed by atoms with E-state index in [2.05, 4.69) is 19.2 Å². The van der Waals surface area contributed by atoms with E-state index in [-0.39, 0.29) is 0 Å². The lowest BCUT2D eigenvalue weighted by atomic mass is 9.95. The van der Waals surface area contributed by atoms with Gasteiger partial charge in [-0.15, -0.1) is 0 Å². The fourth-order valence-corrected chi connectivity index (χ4v) is 2.01. The van der Waals surface area contributed by atoms with E-state index in [4.69, 9.17) is 0 Å². The molecule has 2 unspecified atom stereocenters. The third-order valence-electron chi connectivity index (χ3n) is 2.71. The molecule has 1 rings (SSSR count). The average Bonchev–Trinajstić information content (AvgIpc) is 2.06. The molecule has 0 saturated carbocycles. The first kappa shape index (κ1) is 9.05. The predicted molar refractivity (Wildman–Crippen MR) is 49.8 cm³/mol. The standard InChI is InChI=1S/C10H21N/c1-3-6-10-8-5-7-9(4-2)11-10/h9-11H,3-8H2,1-2H3. The molecule has 0 aromatic carbocycles. The summed E-state index contributed by atoms with van der Waals surface area (Å²) in [5, 5.41) is 3.70. The van der Waals surface area contributed by atoms with Crippen molar-refractivity contribution in [2.75, 3.05) is 0 Å². The molecule has 0 aromatic heterocycles. The highest BCUT2D eigenvalue weighted by Gasteiger charge is 2.17. The van der Waals surface area contributed by atoms with Gasteiger partial charge in [-0.25, -0.2) is 0 Å². The zero-order valence-corrected chi connectivity index (χ0v) is 7.90. The highest BCUT2D eigenvalue weighted by atomic mass is 15.0. The Balaban J connectivity index is 2.21. The first-order valence-electron chi connectivity index (χ1n) is 5.12. The topological polar surface area (TPSA) is 12.0 Å². The van der Waals surface area contributed by atoms with Crippen molar-refractivity contribution in [1.82, 2.24) is 5.32 Å². The van der Waals surface area contributed by atoms with E-state index in [0.29, 0.717) is 0 Å². The molecule has 1 N–H and O–H groups in total. The molecule has 1 aliphatic rings. The summed E-state index contributed by atoms with van der Waals surface area (Å²) in [6.45, 7) is 4.56. The smallest absolute Gasteiger partial charge is 0.00695 e. The van der Waals surface area contributed by atoms with Gasteiger partial charge in [-0.1, -0.05) is 26.7 Å². The van der Waals surface area contributed by atoms with Gasteiger partial charge in [0, 0.05) is 12.1 Å². The van der Waals surface area contributed by atoms with Crippen molar-refractivity contribution >= 4 is 0 Å². The Morgan fingerprint density at radius 2 is 1.91 bits per heavy atom. The van der Waals surface area contributed by atoms with Crippen LogP contribution in [0.2, 0.25) is 0 Å². The first-order valence-corrected chi connectivity index (χ1v) is 5.12. The maximum Gasteiger partial charge on any atom is 0.00695 e. The third kappa shape index (κ3) is 2.82. The summed E-state index contributed by atoms with van der Waals surface area (Å²) in [7, 11) is 0. The molecule has 0 spiro atoms. The van der Waals surface area contributed by atoms with Crippen molar-refractivity contribution in [2.45, 2.75) is 64.5 Å². The third-order valence-corrected chi connectivity index (χ3v) is 2.71. The fourth-order valence-electron chi connectivity index (χ4n) is 2.01. The van der Waals surface area contributed by atoms with Crippen molar-refractivity contribution in [3.8, 4) is 0 Å². The zero-order chi connectivity index (χ0) is 8.10. The monoisotopic (exact) mass is 155 g/mol. The fraction of sp³-hybridized carbons (Fsp3) is 1.00. The lowest BCUT2D eigenvalue weighted by molar-refractivity contribution is 0.301. The maximum absolute atomic E-state index is 3.70. The predicted octanol–water partition coefficient (Wildman–Crippen LogP) is 2.71. The minimum atomic E-state index is 0.820. The van der Waals surface area contributed by atoms with Gasteiger partial charge in [0.1, 0.15) is 0 Å². The molecule has 1 fully saturated rings. The van der Waals surface area contributed by atoms with Crippen LogP contribution in [-0.4, -0.2) is 12.1 Å². The van der Waals surface area contributed by atoms with E-state index < -0.39 is 0 Å². The summed E-state index contributed by atoms with van der Waals surface area (Å²) in [6, 6.07) is 1.65. The zero-order valence-electron chi connectivity index (χ0n) is 7.90. The van der Waals surface area contributed by atoms with Crippen LogP contribution in [0.4, 0.5) is 0 Å². The van der Waals surface area contributed by atoms with Gasteiger partial charge in [-0.05, 0) is 25.7 Å². The maximum atomic E-state index is 3.70. The largest absolute Gasteiger partial charge is 0.311 e. The molecule has 0 amide bonds. The van der Waals surface area contributed by atoms with Crippen LogP contribution in [0, 0.1) is 0 Å². The molecule has 0 aromatic rings. The molecule has 1 aliphatic heterocycles. The normalized spacial score (nSPS) is 32.2. The summed E-state index contributed by atoms with van der Waals surface area (Å²) in [4.78, 5) is 0. The molecule has 0 bridgehead atoms. The summed E-state index contributed by atoms with van der Waals surface area (Å²) in [5.74, 6) is 0. The van der Waals surface area contributed by atoms with Gasteiger partial charge in [0.15, 0.2) is 0 Å². The average molecular weight is 155 g/mol. The van der Waals surface area contributed by atoms with Crippen LogP contribution in [0.5, 0.6) is 0 Å². The van der Waals surface area contributed by atoms with E-state index in [1.807, 2.05) is 0 Å². The second-order valence-electron chi connectivity index (χ2n) is 3.69. The Morgan fingerprint density at radius 1 is 1.18 bits per heavy atom. The van der Waals surface area contributed by atoms with Crippen LogP contribution in [0.15, 0.2) is 0 Å². The van der Waals surface area contributed by atoms with Gasteiger partial charge >= 0.3 is 0 Å². The Morgan fingerprint density at radius 3 is 2.55 bits per heavy atom. The summed E-state index contributed by atoms with van der Waals surface area (Å²) >= 11 is 0. The van der Waals surface area contributed by atoms with Crippen LogP contribution in [0.25, 0.3) is 0 Å². The van der Waals surface area contributed by atoms with Gasteiger partial charge in [-0.3, -0.25) is 0 Å². The lowest BCUT2D eigenvalue weighted by Crippen LogP contribution is -2.41. The quantitative estimate of drug-likeness (QED) is 0.660. The SMILES string of the molecule is CCCC1CCCC(CC)N1. The molecular weight excluding hydrogens is 134 g/mol. The second-order valence-corrected chi connectivity index (χ2v) is 3.69. The van der Waals surface area contributed by atoms with E-state index in [1.54, 1.807) is 0 Å². The van der Waals surface area contributed by atoms with Gasteiger partial charge in [-0.2, -0.15) is 0 Å². The minimum Gasteiger partial charge on any atom is -0.311 e. The highest BCUT2D eigenvalue weighted by Crippen LogP contribution is 2.17. The second kappa shape index (κ2) is 4.76. The number of hydrogen-bond donors (Lipinski definition) is 1. The van der Waals surface area contributed by atoms with Crippen LogP contribution in [0.3, 0.4) is 0 Å². The molecule has 1 nitrogen and oxygen atoms in total. The van der Waals surface area contributed by atoms with Crippen molar-refractivity contribution in [3.63, 3.8) is 0 Å². The van der Waals surface area contributed by atoms with E-state index >= 15 is 0 Å². The Kier molecular flexibility index (Phi) is 3.92. The Labute approximate surface area is 70.6 Å². The molecule has 1 heteroatoms. The number of nitrogens with one attached hydrogen (secondary N) is 1. The number of piperidine rings is 1. The summed E-state index contributed by atoms with van der Waals surface area (Å²) < 4.78 is 0. The van der Waals surface area contributed by atoms with Crippen molar-refractivity contribution in [3.05, 3.63) is 0 Å². The van der Waals surface area contributed by atoms with E-state index in [9.17, 15) is 0 Å². The van der Waals surface area contributed by atoms with E-state index in [0.717, 1.165) is 12.1 Å². The molecule has 1 heterocycles. The minimum absolute atomic E-state index is 0.820.